The summed E-state index contributed by atoms with van der Waals surface area (Å²) in [6, 6.07) is 5.41. The second-order valence-electron chi connectivity index (χ2n) is 5.68. The van der Waals surface area contributed by atoms with E-state index < -0.39 is 5.97 Å². The minimum Gasteiger partial charge on any atom is -0.478 e. The molecule has 3 atom stereocenters. The molecule has 0 aromatic heterocycles. The van der Waals surface area contributed by atoms with Crippen LogP contribution in [-0.4, -0.2) is 23.7 Å². The number of carbonyl (C=O) groups is 1. The number of anilines is 1. The fourth-order valence-electron chi connectivity index (χ4n) is 2.91. The molecule has 0 spiro atoms. The van der Waals surface area contributed by atoms with Crippen LogP contribution in [0.3, 0.4) is 0 Å². The van der Waals surface area contributed by atoms with Crippen LogP contribution in [0, 0.1) is 11.8 Å². The molecule has 0 aliphatic carbocycles. The highest BCUT2D eigenvalue weighted by molar-refractivity contribution is 6.33. The summed E-state index contributed by atoms with van der Waals surface area (Å²) >= 11 is 6.26. The maximum atomic E-state index is 10.9. The molecular weight excluding hydrogens is 262 g/mol. The SMILES string of the molecule is CC1CC(C)C(C)N(c2ccc(C(=O)O)cc2Cl)C1. The zero-order valence-corrected chi connectivity index (χ0v) is 12.3. The van der Waals surface area contributed by atoms with Gasteiger partial charge in [-0.25, -0.2) is 4.79 Å². The highest BCUT2D eigenvalue weighted by Gasteiger charge is 2.30. The Balaban J connectivity index is 2.32. The van der Waals surface area contributed by atoms with E-state index in [1.165, 1.54) is 12.5 Å². The fraction of sp³-hybridized carbons (Fsp3) is 0.533. The quantitative estimate of drug-likeness (QED) is 0.893. The van der Waals surface area contributed by atoms with Crippen LogP contribution in [0.5, 0.6) is 0 Å². The van der Waals surface area contributed by atoms with Crippen molar-refractivity contribution in [1.29, 1.82) is 0 Å². The summed E-state index contributed by atoms with van der Waals surface area (Å²) in [5.41, 5.74) is 1.18. The van der Waals surface area contributed by atoms with E-state index in [4.69, 9.17) is 16.7 Å². The number of rotatable bonds is 2. The normalized spacial score (nSPS) is 27.4. The number of hydrogen-bond acceptors (Lipinski definition) is 2. The van der Waals surface area contributed by atoms with E-state index in [-0.39, 0.29) is 5.56 Å². The standard InChI is InChI=1S/C15H20ClNO2/c1-9-6-10(2)11(3)17(8-9)14-5-4-12(15(18)19)7-13(14)16/h4-5,7,9-11H,6,8H2,1-3H3,(H,18,19). The number of halogens is 1. The van der Waals surface area contributed by atoms with E-state index >= 15 is 0 Å². The Bertz CT molecular complexity index is 489. The van der Waals surface area contributed by atoms with E-state index in [0.717, 1.165) is 12.2 Å². The number of aromatic carboxylic acids is 1. The van der Waals surface area contributed by atoms with E-state index in [9.17, 15) is 4.79 Å². The van der Waals surface area contributed by atoms with Crippen molar-refractivity contribution in [2.75, 3.05) is 11.4 Å². The molecule has 0 amide bonds. The molecule has 0 bridgehead atoms. The van der Waals surface area contributed by atoms with Crippen molar-refractivity contribution in [2.45, 2.75) is 33.2 Å². The summed E-state index contributed by atoms with van der Waals surface area (Å²) in [5, 5.41) is 9.50. The van der Waals surface area contributed by atoms with Crippen molar-refractivity contribution in [1.82, 2.24) is 0 Å². The number of hydrogen-bond donors (Lipinski definition) is 1. The molecule has 1 aromatic carbocycles. The first-order chi connectivity index (χ1) is 8.90. The molecule has 3 unspecified atom stereocenters. The molecule has 0 saturated carbocycles. The summed E-state index contributed by atoms with van der Waals surface area (Å²) in [5.74, 6) is 0.294. The number of nitrogens with zero attached hydrogens (tertiary/aromatic N) is 1. The first-order valence-corrected chi connectivity index (χ1v) is 7.07. The Labute approximate surface area is 119 Å². The molecule has 4 heteroatoms. The Kier molecular flexibility index (Phi) is 4.04. The van der Waals surface area contributed by atoms with Crippen LogP contribution in [0.4, 0.5) is 5.69 Å². The lowest BCUT2D eigenvalue weighted by atomic mass is 9.85. The fourth-order valence-corrected chi connectivity index (χ4v) is 3.20. The minimum absolute atomic E-state index is 0.236. The van der Waals surface area contributed by atoms with Crippen molar-refractivity contribution in [3.63, 3.8) is 0 Å². The van der Waals surface area contributed by atoms with Gasteiger partial charge in [0, 0.05) is 12.6 Å². The largest absolute Gasteiger partial charge is 0.478 e. The van der Waals surface area contributed by atoms with Gasteiger partial charge < -0.3 is 10.0 Å². The molecular formula is C15H20ClNO2. The number of piperidine rings is 1. The van der Waals surface area contributed by atoms with Gasteiger partial charge in [-0.3, -0.25) is 0 Å². The second-order valence-corrected chi connectivity index (χ2v) is 6.09. The van der Waals surface area contributed by atoms with Crippen molar-refractivity contribution >= 4 is 23.3 Å². The van der Waals surface area contributed by atoms with Gasteiger partial charge in [0.2, 0.25) is 0 Å². The molecule has 1 saturated heterocycles. The average molecular weight is 282 g/mol. The topological polar surface area (TPSA) is 40.5 Å². The van der Waals surface area contributed by atoms with Gasteiger partial charge in [0.15, 0.2) is 0 Å². The molecule has 19 heavy (non-hydrogen) atoms. The summed E-state index contributed by atoms with van der Waals surface area (Å²) < 4.78 is 0. The lowest BCUT2D eigenvalue weighted by Crippen LogP contribution is -2.46. The van der Waals surface area contributed by atoms with Gasteiger partial charge >= 0.3 is 5.97 Å². The van der Waals surface area contributed by atoms with Gasteiger partial charge in [0.25, 0.3) is 0 Å². The summed E-state index contributed by atoms with van der Waals surface area (Å²) in [4.78, 5) is 13.2. The maximum absolute atomic E-state index is 10.9. The number of carboxylic acids is 1. The first kappa shape index (κ1) is 14.2. The molecule has 0 radical (unpaired) electrons. The Morgan fingerprint density at radius 2 is 2.05 bits per heavy atom. The third-order valence-corrected chi connectivity index (χ3v) is 4.40. The zero-order valence-electron chi connectivity index (χ0n) is 11.6. The number of carboxylic acid groups (broad SMARTS) is 1. The maximum Gasteiger partial charge on any atom is 0.335 e. The molecule has 104 valence electrons. The monoisotopic (exact) mass is 281 g/mol. The molecule has 2 rings (SSSR count). The minimum atomic E-state index is -0.943. The van der Waals surface area contributed by atoms with Gasteiger partial charge in [-0.2, -0.15) is 0 Å². The van der Waals surface area contributed by atoms with E-state index in [1.807, 2.05) is 6.07 Å². The van der Waals surface area contributed by atoms with Crippen LogP contribution >= 0.6 is 11.6 Å². The Hall–Kier alpha value is -1.22. The summed E-state index contributed by atoms with van der Waals surface area (Å²) in [6.07, 6.45) is 1.22. The van der Waals surface area contributed by atoms with Crippen molar-refractivity contribution in [3.8, 4) is 0 Å². The van der Waals surface area contributed by atoms with Crippen LogP contribution in [0.2, 0.25) is 5.02 Å². The molecule has 1 heterocycles. The lowest BCUT2D eigenvalue weighted by Gasteiger charge is -2.43. The van der Waals surface area contributed by atoms with Crippen LogP contribution in [0.25, 0.3) is 0 Å². The van der Waals surface area contributed by atoms with Gasteiger partial charge in [0.05, 0.1) is 16.3 Å². The predicted octanol–water partition coefficient (Wildman–Crippen LogP) is 3.91. The van der Waals surface area contributed by atoms with Crippen molar-refractivity contribution < 1.29 is 9.90 Å². The van der Waals surface area contributed by atoms with Crippen LogP contribution in [-0.2, 0) is 0 Å². The third-order valence-electron chi connectivity index (χ3n) is 4.10. The highest BCUT2D eigenvalue weighted by atomic mass is 35.5. The van der Waals surface area contributed by atoms with Gasteiger partial charge in [-0.05, 0) is 43.4 Å². The van der Waals surface area contributed by atoms with Gasteiger partial charge in [0.1, 0.15) is 0 Å². The van der Waals surface area contributed by atoms with Crippen molar-refractivity contribution in [3.05, 3.63) is 28.8 Å². The highest BCUT2D eigenvalue weighted by Crippen LogP contribution is 2.35. The van der Waals surface area contributed by atoms with Crippen molar-refractivity contribution in [2.24, 2.45) is 11.8 Å². The van der Waals surface area contributed by atoms with E-state index in [1.54, 1.807) is 6.07 Å². The average Bonchev–Trinajstić information content (AvgIpc) is 2.33. The molecule has 1 N–H and O–H groups in total. The molecule has 3 nitrogen and oxygen atoms in total. The molecule has 1 aliphatic rings. The predicted molar refractivity (Wildman–Crippen MR) is 78.2 cm³/mol. The smallest absolute Gasteiger partial charge is 0.335 e. The number of benzene rings is 1. The van der Waals surface area contributed by atoms with E-state index in [2.05, 4.69) is 25.7 Å². The lowest BCUT2D eigenvalue weighted by molar-refractivity contribution is 0.0697. The van der Waals surface area contributed by atoms with Crippen LogP contribution < -0.4 is 4.90 Å². The summed E-state index contributed by atoms with van der Waals surface area (Å²) in [7, 11) is 0. The third kappa shape index (κ3) is 2.86. The zero-order chi connectivity index (χ0) is 14.2. The second kappa shape index (κ2) is 5.41. The molecule has 1 fully saturated rings. The summed E-state index contributed by atoms with van der Waals surface area (Å²) in [6.45, 7) is 7.68. The molecule has 1 aliphatic heterocycles. The van der Waals surface area contributed by atoms with Gasteiger partial charge in [-0.15, -0.1) is 0 Å². The van der Waals surface area contributed by atoms with Crippen LogP contribution in [0.15, 0.2) is 18.2 Å². The molecule has 1 aromatic rings. The van der Waals surface area contributed by atoms with E-state index in [0.29, 0.717) is 22.9 Å². The first-order valence-electron chi connectivity index (χ1n) is 6.69. The Morgan fingerprint density at radius 3 is 2.63 bits per heavy atom. The Morgan fingerprint density at radius 1 is 1.37 bits per heavy atom. The van der Waals surface area contributed by atoms with Crippen LogP contribution in [0.1, 0.15) is 37.6 Å². The van der Waals surface area contributed by atoms with Gasteiger partial charge in [-0.1, -0.05) is 25.4 Å².